The fourth-order valence-electron chi connectivity index (χ4n) is 1.57. The van der Waals surface area contributed by atoms with E-state index in [0.717, 1.165) is 12.0 Å². The van der Waals surface area contributed by atoms with Crippen LogP contribution in [0.1, 0.15) is 18.1 Å². The van der Waals surface area contributed by atoms with Crippen molar-refractivity contribution in [1.29, 1.82) is 0 Å². The van der Waals surface area contributed by atoms with E-state index >= 15 is 0 Å². The molecule has 0 fully saturated rings. The van der Waals surface area contributed by atoms with Crippen molar-refractivity contribution in [3.63, 3.8) is 0 Å². The Morgan fingerprint density at radius 1 is 1.21 bits per heavy atom. The van der Waals surface area contributed by atoms with Gasteiger partial charge in [-0.2, -0.15) is 0 Å². The van der Waals surface area contributed by atoms with E-state index in [1.807, 2.05) is 13.0 Å². The predicted molar refractivity (Wildman–Crippen MR) is 77.5 cm³/mol. The molecule has 1 aromatic carbocycles. The third-order valence-corrected chi connectivity index (χ3v) is 3.56. The summed E-state index contributed by atoms with van der Waals surface area (Å²) in [5, 5.41) is 1.01. The molecule has 0 saturated carbocycles. The summed E-state index contributed by atoms with van der Waals surface area (Å²) in [4.78, 5) is 7.92. The first-order valence-electron chi connectivity index (χ1n) is 5.67. The lowest BCUT2D eigenvalue weighted by atomic mass is 10.1. The Hall–Kier alpha value is -1.03. The van der Waals surface area contributed by atoms with Gasteiger partial charge in [0.1, 0.15) is 17.2 Å². The van der Waals surface area contributed by atoms with Crippen LogP contribution in [0, 0.1) is 0 Å². The van der Waals surface area contributed by atoms with Crippen LogP contribution in [-0.4, -0.2) is 9.97 Å². The van der Waals surface area contributed by atoms with Gasteiger partial charge in [-0.1, -0.05) is 30.1 Å². The molecule has 19 heavy (non-hydrogen) atoms. The Bertz CT molecular complexity index is 590. The minimum Gasteiger partial charge on any atom is -0.439 e. The number of ether oxygens (including phenoxy) is 1. The molecule has 1 heterocycles. The van der Waals surface area contributed by atoms with Crippen LogP contribution in [0.2, 0.25) is 10.2 Å². The molecule has 0 N–H and O–H groups in total. The van der Waals surface area contributed by atoms with Gasteiger partial charge in [0, 0.05) is 5.02 Å². The number of hydrogen-bond acceptors (Lipinski definition) is 3. The number of nitrogens with zero attached hydrogens (tertiary/aromatic N) is 2. The number of alkyl halides is 1. The highest BCUT2D eigenvalue weighted by Crippen LogP contribution is 2.30. The zero-order valence-electron chi connectivity index (χ0n) is 10.2. The number of rotatable bonds is 4. The lowest BCUT2D eigenvalue weighted by molar-refractivity contribution is 0.456. The smallest absolute Gasteiger partial charge is 0.228 e. The van der Waals surface area contributed by atoms with Crippen molar-refractivity contribution in [2.24, 2.45) is 0 Å². The Balaban J connectivity index is 2.33. The lowest BCUT2D eigenvalue weighted by Gasteiger charge is -2.10. The maximum Gasteiger partial charge on any atom is 0.228 e. The number of hydrogen-bond donors (Lipinski definition) is 0. The molecular formula is C13H11Cl3N2O. The minimum atomic E-state index is 0.184. The molecule has 1 aromatic heterocycles. The summed E-state index contributed by atoms with van der Waals surface area (Å²) in [5.41, 5.74) is 1.57. The molecule has 2 rings (SSSR count). The summed E-state index contributed by atoms with van der Waals surface area (Å²) in [6, 6.07) is 5.44. The normalized spacial score (nSPS) is 10.5. The fourth-order valence-corrected chi connectivity index (χ4v) is 2.33. The van der Waals surface area contributed by atoms with Crippen LogP contribution in [0.4, 0.5) is 0 Å². The number of halogens is 3. The second-order valence-corrected chi connectivity index (χ2v) is 4.82. The number of benzene rings is 1. The van der Waals surface area contributed by atoms with Crippen LogP contribution in [0.5, 0.6) is 11.6 Å². The Morgan fingerprint density at radius 3 is 2.68 bits per heavy atom. The third-order valence-electron chi connectivity index (χ3n) is 2.60. The minimum absolute atomic E-state index is 0.184. The molecule has 0 aliphatic rings. The highest BCUT2D eigenvalue weighted by molar-refractivity contribution is 6.31. The summed E-state index contributed by atoms with van der Waals surface area (Å²) in [6.07, 6.45) is 2.16. The van der Waals surface area contributed by atoms with Gasteiger partial charge in [0.05, 0.1) is 11.4 Å². The van der Waals surface area contributed by atoms with Crippen molar-refractivity contribution in [3.05, 3.63) is 45.8 Å². The van der Waals surface area contributed by atoms with Crippen molar-refractivity contribution in [2.75, 3.05) is 0 Å². The van der Waals surface area contributed by atoms with Crippen LogP contribution >= 0.6 is 34.8 Å². The van der Waals surface area contributed by atoms with Crippen molar-refractivity contribution in [3.8, 4) is 11.6 Å². The Morgan fingerprint density at radius 2 is 2.00 bits per heavy atom. The third kappa shape index (κ3) is 3.30. The van der Waals surface area contributed by atoms with Gasteiger partial charge in [0.25, 0.3) is 0 Å². The highest BCUT2D eigenvalue weighted by atomic mass is 35.5. The summed E-state index contributed by atoms with van der Waals surface area (Å²) in [6.45, 7) is 2.02. The summed E-state index contributed by atoms with van der Waals surface area (Å²) in [7, 11) is 0. The van der Waals surface area contributed by atoms with Crippen LogP contribution in [-0.2, 0) is 12.3 Å². The number of aryl methyl sites for hydroxylation is 1. The summed E-state index contributed by atoms with van der Waals surface area (Å²) >= 11 is 17.8. The summed E-state index contributed by atoms with van der Waals surface area (Å²) in [5.74, 6) is 1.19. The van der Waals surface area contributed by atoms with Gasteiger partial charge >= 0.3 is 0 Å². The molecule has 0 spiro atoms. The second-order valence-electron chi connectivity index (χ2n) is 3.79. The van der Waals surface area contributed by atoms with E-state index in [0.29, 0.717) is 27.4 Å². The highest BCUT2D eigenvalue weighted by Gasteiger charge is 2.11. The maximum absolute atomic E-state index is 6.06. The second kappa shape index (κ2) is 6.42. The average molecular weight is 318 g/mol. The molecule has 0 saturated heterocycles. The lowest BCUT2D eigenvalue weighted by Crippen LogP contribution is -1.96. The Kier molecular flexibility index (Phi) is 4.86. The fraction of sp³-hybridized carbons (Fsp3) is 0.231. The van der Waals surface area contributed by atoms with Crippen LogP contribution in [0.3, 0.4) is 0 Å². The monoisotopic (exact) mass is 316 g/mol. The topological polar surface area (TPSA) is 35.0 Å². The SMILES string of the molecule is CCc1cc(Oc2ncnc(Cl)c2CCl)ccc1Cl. The van der Waals surface area contributed by atoms with E-state index in [4.69, 9.17) is 39.5 Å². The van der Waals surface area contributed by atoms with Gasteiger partial charge in [-0.05, 0) is 30.2 Å². The average Bonchev–Trinajstić information content (AvgIpc) is 2.41. The largest absolute Gasteiger partial charge is 0.439 e. The standard InChI is InChI=1S/C13H11Cl3N2O/c1-2-8-5-9(3-4-11(8)15)19-13-10(6-14)12(16)17-7-18-13/h3-5,7H,2,6H2,1H3. The quantitative estimate of drug-likeness (QED) is 0.595. The van der Waals surface area contributed by atoms with E-state index in [1.165, 1.54) is 6.33 Å². The molecule has 0 radical (unpaired) electrons. The molecule has 0 bridgehead atoms. The molecule has 0 atom stereocenters. The number of aromatic nitrogens is 2. The van der Waals surface area contributed by atoms with Crippen LogP contribution in [0.15, 0.2) is 24.5 Å². The van der Waals surface area contributed by atoms with Crippen LogP contribution < -0.4 is 4.74 Å². The molecule has 100 valence electrons. The van der Waals surface area contributed by atoms with Gasteiger partial charge in [0.15, 0.2) is 0 Å². The maximum atomic E-state index is 6.06. The zero-order chi connectivity index (χ0) is 13.8. The van der Waals surface area contributed by atoms with Gasteiger partial charge in [0.2, 0.25) is 5.88 Å². The zero-order valence-corrected chi connectivity index (χ0v) is 12.4. The molecule has 0 amide bonds. The molecule has 3 nitrogen and oxygen atoms in total. The molecule has 0 aliphatic heterocycles. The molecule has 0 aliphatic carbocycles. The molecular weight excluding hydrogens is 307 g/mol. The van der Waals surface area contributed by atoms with E-state index in [-0.39, 0.29) is 5.88 Å². The first-order chi connectivity index (χ1) is 9.15. The summed E-state index contributed by atoms with van der Waals surface area (Å²) < 4.78 is 5.70. The van der Waals surface area contributed by atoms with E-state index < -0.39 is 0 Å². The molecule has 2 aromatic rings. The van der Waals surface area contributed by atoms with E-state index in [1.54, 1.807) is 12.1 Å². The van der Waals surface area contributed by atoms with Crippen molar-refractivity contribution >= 4 is 34.8 Å². The van der Waals surface area contributed by atoms with Gasteiger partial charge < -0.3 is 4.74 Å². The first-order valence-corrected chi connectivity index (χ1v) is 6.96. The van der Waals surface area contributed by atoms with Gasteiger partial charge in [-0.25, -0.2) is 9.97 Å². The van der Waals surface area contributed by atoms with Gasteiger partial charge in [-0.3, -0.25) is 0 Å². The van der Waals surface area contributed by atoms with E-state index in [2.05, 4.69) is 9.97 Å². The Labute approximate surface area is 126 Å². The molecule has 0 unspecified atom stereocenters. The van der Waals surface area contributed by atoms with Crippen LogP contribution in [0.25, 0.3) is 0 Å². The van der Waals surface area contributed by atoms with Gasteiger partial charge in [-0.15, -0.1) is 11.6 Å². The van der Waals surface area contributed by atoms with E-state index in [9.17, 15) is 0 Å². The first kappa shape index (κ1) is 14.4. The predicted octanol–water partition coefficient (Wildman–Crippen LogP) is 4.88. The molecule has 6 heteroatoms. The van der Waals surface area contributed by atoms with Crippen molar-refractivity contribution in [2.45, 2.75) is 19.2 Å². The van der Waals surface area contributed by atoms with Crippen molar-refractivity contribution < 1.29 is 4.74 Å². The van der Waals surface area contributed by atoms with Crippen molar-refractivity contribution in [1.82, 2.24) is 9.97 Å².